The molecule has 1 atom stereocenters. The zero-order valence-corrected chi connectivity index (χ0v) is 15.9. The lowest BCUT2D eigenvalue weighted by Gasteiger charge is -2.45. The Bertz CT molecular complexity index is 665. The van der Waals surface area contributed by atoms with E-state index in [1.165, 1.54) is 25.9 Å². The Kier molecular flexibility index (Phi) is 5.17. The monoisotopic (exact) mass is 361 g/mol. The number of likely N-dealkylation sites (tertiary alicyclic amines) is 1. The molecule has 2 fully saturated rings. The highest BCUT2D eigenvalue weighted by atomic mass is 32.1. The van der Waals surface area contributed by atoms with E-state index in [9.17, 15) is 0 Å². The molecule has 136 valence electrons. The molecule has 6 nitrogen and oxygen atoms in total. The highest BCUT2D eigenvalue weighted by Gasteiger charge is 2.31. The minimum Gasteiger partial charge on any atom is -0.419 e. The maximum atomic E-state index is 5.85. The van der Waals surface area contributed by atoms with Gasteiger partial charge in [-0.15, -0.1) is 21.5 Å². The van der Waals surface area contributed by atoms with Crippen LogP contribution in [0.3, 0.4) is 0 Å². The second-order valence-electron chi connectivity index (χ2n) is 7.33. The average molecular weight is 362 g/mol. The first-order valence-electron chi connectivity index (χ1n) is 9.22. The number of hydrogen-bond donors (Lipinski definition) is 0. The molecule has 2 aromatic rings. The summed E-state index contributed by atoms with van der Waals surface area (Å²) in [6.45, 7) is 8.85. The van der Waals surface area contributed by atoms with E-state index in [1.54, 1.807) is 11.3 Å². The van der Waals surface area contributed by atoms with Crippen molar-refractivity contribution in [3.63, 3.8) is 0 Å². The van der Waals surface area contributed by atoms with Gasteiger partial charge in [-0.2, -0.15) is 0 Å². The fourth-order valence-corrected chi connectivity index (χ4v) is 4.71. The van der Waals surface area contributed by atoms with Crippen LogP contribution in [0.15, 0.2) is 21.9 Å². The van der Waals surface area contributed by atoms with E-state index in [2.05, 4.69) is 38.9 Å². The molecule has 0 aliphatic carbocycles. The molecule has 0 N–H and O–H groups in total. The van der Waals surface area contributed by atoms with E-state index in [4.69, 9.17) is 4.42 Å². The number of aromatic nitrogens is 2. The van der Waals surface area contributed by atoms with Gasteiger partial charge in [-0.05, 0) is 51.3 Å². The Morgan fingerprint density at radius 2 is 2.04 bits per heavy atom. The lowest BCUT2D eigenvalue weighted by Crippen LogP contribution is -2.57. The third kappa shape index (κ3) is 3.95. The van der Waals surface area contributed by atoms with E-state index in [1.807, 2.05) is 17.5 Å². The van der Waals surface area contributed by atoms with E-state index in [-0.39, 0.29) is 0 Å². The third-order valence-electron chi connectivity index (χ3n) is 5.48. The molecule has 0 radical (unpaired) electrons. The summed E-state index contributed by atoms with van der Waals surface area (Å²) < 4.78 is 5.85. The van der Waals surface area contributed by atoms with Gasteiger partial charge in [0.05, 0.1) is 11.4 Å². The molecule has 0 saturated carbocycles. The van der Waals surface area contributed by atoms with Crippen LogP contribution >= 0.6 is 11.3 Å². The number of hydrogen-bond acceptors (Lipinski definition) is 7. The van der Waals surface area contributed by atoms with Crippen molar-refractivity contribution in [2.45, 2.75) is 38.4 Å². The van der Waals surface area contributed by atoms with E-state index in [0.717, 1.165) is 43.0 Å². The number of piperidine rings is 1. The van der Waals surface area contributed by atoms with Crippen LogP contribution in [0.2, 0.25) is 0 Å². The quantitative estimate of drug-likeness (QED) is 0.833. The van der Waals surface area contributed by atoms with Crippen LogP contribution in [0.1, 0.15) is 25.7 Å². The molecule has 2 aliphatic rings. The topological polar surface area (TPSA) is 48.6 Å². The zero-order valence-electron chi connectivity index (χ0n) is 15.1. The van der Waals surface area contributed by atoms with Crippen molar-refractivity contribution in [3.8, 4) is 10.8 Å². The van der Waals surface area contributed by atoms with Gasteiger partial charge >= 0.3 is 0 Å². The normalized spacial score (nSPS) is 24.8. The summed E-state index contributed by atoms with van der Waals surface area (Å²) in [6.07, 6.45) is 2.60. The Morgan fingerprint density at radius 3 is 2.76 bits per heavy atom. The molecule has 2 aromatic heterocycles. The van der Waals surface area contributed by atoms with Crippen LogP contribution in [-0.2, 0) is 6.54 Å². The van der Waals surface area contributed by atoms with Crippen LogP contribution in [0.4, 0.5) is 0 Å². The number of piperazine rings is 1. The first kappa shape index (κ1) is 17.1. The molecular weight excluding hydrogens is 334 g/mol. The molecule has 0 aromatic carbocycles. The SMILES string of the molecule is C[C@H]1CN(Cc2nnc(-c3cccs3)o2)CCN1C1CCN(C)CC1. The number of nitrogens with zero attached hydrogens (tertiary/aromatic N) is 5. The molecule has 2 saturated heterocycles. The van der Waals surface area contributed by atoms with Gasteiger partial charge in [0.25, 0.3) is 5.89 Å². The Morgan fingerprint density at radius 1 is 1.20 bits per heavy atom. The van der Waals surface area contributed by atoms with Gasteiger partial charge in [0, 0.05) is 31.7 Å². The summed E-state index contributed by atoms with van der Waals surface area (Å²) in [7, 11) is 2.23. The maximum Gasteiger partial charge on any atom is 0.257 e. The lowest BCUT2D eigenvalue weighted by molar-refractivity contribution is 0.0201. The second-order valence-corrected chi connectivity index (χ2v) is 8.28. The predicted molar refractivity (Wildman–Crippen MR) is 99.6 cm³/mol. The van der Waals surface area contributed by atoms with Crippen molar-refractivity contribution in [1.82, 2.24) is 24.9 Å². The molecule has 2 aliphatic heterocycles. The molecule has 0 spiro atoms. The largest absolute Gasteiger partial charge is 0.419 e. The molecule has 25 heavy (non-hydrogen) atoms. The summed E-state index contributed by atoms with van der Waals surface area (Å²) in [5, 5.41) is 10.5. The van der Waals surface area contributed by atoms with Gasteiger partial charge in [0.1, 0.15) is 0 Å². The van der Waals surface area contributed by atoms with Crippen LogP contribution in [0.5, 0.6) is 0 Å². The van der Waals surface area contributed by atoms with Crippen LogP contribution in [-0.4, -0.2) is 76.8 Å². The molecule has 0 bridgehead atoms. The van der Waals surface area contributed by atoms with Gasteiger partial charge in [0.2, 0.25) is 5.89 Å². The number of thiophene rings is 1. The molecular formula is C18H27N5OS. The summed E-state index contributed by atoms with van der Waals surface area (Å²) in [6, 6.07) is 5.36. The summed E-state index contributed by atoms with van der Waals surface area (Å²) in [4.78, 5) is 8.65. The highest BCUT2D eigenvalue weighted by molar-refractivity contribution is 7.13. The standard InChI is InChI=1S/C18H27N5OS/c1-14-12-22(9-10-23(14)15-5-7-21(2)8-6-15)13-17-19-20-18(24-17)16-4-3-11-25-16/h3-4,11,14-15H,5-10,12-13H2,1-2H3/t14-/m0/s1. The lowest BCUT2D eigenvalue weighted by atomic mass is 10.0. The van der Waals surface area contributed by atoms with Gasteiger partial charge in [-0.25, -0.2) is 0 Å². The Balaban J connectivity index is 1.32. The van der Waals surface area contributed by atoms with Crippen LogP contribution < -0.4 is 0 Å². The predicted octanol–water partition coefficient (Wildman–Crippen LogP) is 2.40. The van der Waals surface area contributed by atoms with Crippen molar-refractivity contribution in [2.75, 3.05) is 39.8 Å². The Hall–Kier alpha value is -1.28. The molecule has 0 unspecified atom stereocenters. The van der Waals surface area contributed by atoms with Crippen molar-refractivity contribution >= 4 is 11.3 Å². The summed E-state index contributed by atoms with van der Waals surface area (Å²) in [5.41, 5.74) is 0. The first-order chi connectivity index (χ1) is 12.2. The smallest absolute Gasteiger partial charge is 0.257 e. The third-order valence-corrected chi connectivity index (χ3v) is 6.34. The van der Waals surface area contributed by atoms with E-state index >= 15 is 0 Å². The highest BCUT2D eigenvalue weighted by Crippen LogP contribution is 2.25. The van der Waals surface area contributed by atoms with Crippen LogP contribution in [0, 0.1) is 0 Å². The van der Waals surface area contributed by atoms with E-state index < -0.39 is 0 Å². The van der Waals surface area contributed by atoms with E-state index in [0.29, 0.717) is 11.9 Å². The van der Waals surface area contributed by atoms with Crippen LogP contribution in [0.25, 0.3) is 10.8 Å². The summed E-state index contributed by atoms with van der Waals surface area (Å²) in [5.74, 6) is 1.37. The van der Waals surface area contributed by atoms with Gasteiger partial charge < -0.3 is 9.32 Å². The van der Waals surface area contributed by atoms with Gasteiger partial charge in [-0.3, -0.25) is 9.80 Å². The first-order valence-corrected chi connectivity index (χ1v) is 10.1. The minimum absolute atomic E-state index is 0.585. The molecule has 4 rings (SSSR count). The van der Waals surface area contributed by atoms with Crippen molar-refractivity contribution in [3.05, 3.63) is 23.4 Å². The second kappa shape index (κ2) is 7.53. The minimum atomic E-state index is 0.585. The zero-order chi connectivity index (χ0) is 17.2. The molecule has 4 heterocycles. The fourth-order valence-electron chi connectivity index (χ4n) is 4.07. The molecule has 7 heteroatoms. The Labute approximate surface area is 153 Å². The number of rotatable bonds is 4. The molecule has 0 amide bonds. The van der Waals surface area contributed by atoms with Gasteiger partial charge in [0.15, 0.2) is 0 Å². The average Bonchev–Trinajstić information content (AvgIpc) is 3.27. The summed E-state index contributed by atoms with van der Waals surface area (Å²) >= 11 is 1.63. The fraction of sp³-hybridized carbons (Fsp3) is 0.667. The van der Waals surface area contributed by atoms with Crippen molar-refractivity contribution in [1.29, 1.82) is 0 Å². The van der Waals surface area contributed by atoms with Gasteiger partial charge in [-0.1, -0.05) is 6.07 Å². The maximum absolute atomic E-state index is 5.85. The van der Waals surface area contributed by atoms with Crippen molar-refractivity contribution < 1.29 is 4.42 Å². The van der Waals surface area contributed by atoms with Crippen molar-refractivity contribution in [2.24, 2.45) is 0 Å².